The predicted molar refractivity (Wildman–Crippen MR) is 123 cm³/mol. The monoisotopic (exact) mass is 409 g/mol. The van der Waals surface area contributed by atoms with Crippen LogP contribution in [0.5, 0.6) is 0 Å². The van der Waals surface area contributed by atoms with Gasteiger partial charge < -0.3 is 4.90 Å². The van der Waals surface area contributed by atoms with Crippen LogP contribution in [0.3, 0.4) is 0 Å². The number of nitrogens with one attached hydrogen (secondary N) is 1. The van der Waals surface area contributed by atoms with Crippen LogP contribution in [0.2, 0.25) is 5.02 Å². The summed E-state index contributed by atoms with van der Waals surface area (Å²) in [6.07, 6.45) is 3.96. The Morgan fingerprint density at radius 1 is 1.17 bits per heavy atom. The molecule has 1 aliphatic heterocycles. The largest absolute Gasteiger partial charge is 0.360 e. The average molecular weight is 410 g/mol. The molecule has 2 aromatic carbocycles. The Morgan fingerprint density at radius 2 is 1.90 bits per heavy atom. The van der Waals surface area contributed by atoms with E-state index in [0.29, 0.717) is 16.6 Å². The smallest absolute Gasteiger partial charge is 0.272 e. The summed E-state index contributed by atoms with van der Waals surface area (Å²) in [5.41, 5.74) is 8.52. The van der Waals surface area contributed by atoms with Crippen molar-refractivity contribution in [3.8, 4) is 0 Å². The summed E-state index contributed by atoms with van der Waals surface area (Å²) in [5.74, 6) is -0.326. The van der Waals surface area contributed by atoms with Gasteiger partial charge in [0.2, 0.25) is 0 Å². The van der Waals surface area contributed by atoms with Crippen LogP contribution >= 0.6 is 11.6 Å². The van der Waals surface area contributed by atoms with E-state index in [1.807, 2.05) is 19.1 Å². The topological polar surface area (TPSA) is 44.7 Å². The number of fused-ring (bicyclic) bond motifs is 1. The first-order valence-corrected chi connectivity index (χ1v) is 10.2. The normalized spacial score (nSPS) is 15.4. The molecule has 0 fully saturated rings. The number of allylic oxidation sites excluding steroid dienone is 1. The zero-order chi connectivity index (χ0) is 21.3. The molecule has 0 unspecified atom stereocenters. The minimum atomic E-state index is -0.326. The molecule has 4 nitrogen and oxygen atoms in total. The molecule has 0 aliphatic carbocycles. The van der Waals surface area contributed by atoms with Crippen LogP contribution in [0.15, 0.2) is 47.6 Å². The molecular weight excluding hydrogens is 382 g/mol. The SMILES string of the molecule is CC1=CC(C)(C)N(C(C)C)c2ccc(/C=N\NC(=O)c3ccc(C)cc3Cl)cc21. The third-order valence-electron chi connectivity index (χ3n) is 5.16. The third kappa shape index (κ3) is 4.38. The highest BCUT2D eigenvalue weighted by Crippen LogP contribution is 2.40. The molecule has 1 N–H and O–H groups in total. The second-order valence-corrected chi connectivity index (χ2v) is 8.81. The molecule has 3 rings (SSSR count). The van der Waals surface area contributed by atoms with Crippen LogP contribution in [-0.4, -0.2) is 23.7 Å². The molecule has 0 saturated carbocycles. The van der Waals surface area contributed by atoms with Gasteiger partial charge in [0.25, 0.3) is 5.91 Å². The Balaban J connectivity index is 1.81. The number of hydrogen-bond acceptors (Lipinski definition) is 3. The number of hydrazone groups is 1. The van der Waals surface area contributed by atoms with Crippen LogP contribution in [0.4, 0.5) is 5.69 Å². The van der Waals surface area contributed by atoms with Gasteiger partial charge in [-0.25, -0.2) is 5.43 Å². The Morgan fingerprint density at radius 3 is 2.55 bits per heavy atom. The van der Waals surface area contributed by atoms with E-state index in [0.717, 1.165) is 11.1 Å². The van der Waals surface area contributed by atoms with Gasteiger partial charge in [-0.2, -0.15) is 5.10 Å². The maximum absolute atomic E-state index is 12.3. The third-order valence-corrected chi connectivity index (χ3v) is 5.47. The number of anilines is 1. The zero-order valence-corrected chi connectivity index (χ0v) is 18.6. The molecule has 1 aliphatic rings. The first kappa shape index (κ1) is 21.1. The number of carbonyl (C=O) groups is 1. The quantitative estimate of drug-likeness (QED) is 0.510. The standard InChI is InChI=1S/C24H28ClN3O/c1-15(2)28-22-10-8-18(12-20(22)17(4)13-24(28,5)6)14-26-27-23(29)19-9-7-16(3)11-21(19)25/h7-15H,1-6H3,(H,27,29)/b26-14-. The minimum absolute atomic E-state index is 0.0395. The van der Waals surface area contributed by atoms with Crippen molar-refractivity contribution < 1.29 is 4.79 Å². The maximum Gasteiger partial charge on any atom is 0.272 e. The second kappa shape index (κ2) is 8.03. The molecule has 0 aromatic heterocycles. The molecule has 1 heterocycles. The van der Waals surface area contributed by atoms with E-state index in [1.165, 1.54) is 16.8 Å². The highest BCUT2D eigenvalue weighted by molar-refractivity contribution is 6.33. The van der Waals surface area contributed by atoms with Crippen molar-refractivity contribution in [2.75, 3.05) is 4.90 Å². The molecule has 0 atom stereocenters. The summed E-state index contributed by atoms with van der Waals surface area (Å²) in [4.78, 5) is 14.7. The van der Waals surface area contributed by atoms with Crippen molar-refractivity contribution in [1.29, 1.82) is 0 Å². The van der Waals surface area contributed by atoms with Crippen LogP contribution in [0.25, 0.3) is 5.57 Å². The van der Waals surface area contributed by atoms with Gasteiger partial charge in [-0.1, -0.05) is 29.8 Å². The van der Waals surface area contributed by atoms with Crippen LogP contribution in [0.1, 0.15) is 61.7 Å². The van der Waals surface area contributed by atoms with Crippen molar-refractivity contribution in [2.45, 2.75) is 53.1 Å². The van der Waals surface area contributed by atoms with E-state index in [2.05, 4.69) is 68.3 Å². The molecule has 1 amide bonds. The Bertz CT molecular complexity index is 1010. The van der Waals surface area contributed by atoms with Gasteiger partial charge in [0, 0.05) is 17.3 Å². The number of rotatable bonds is 4. The summed E-state index contributed by atoms with van der Waals surface area (Å²) < 4.78 is 0. The number of hydrogen-bond donors (Lipinski definition) is 1. The van der Waals surface area contributed by atoms with Gasteiger partial charge in [-0.3, -0.25) is 4.79 Å². The van der Waals surface area contributed by atoms with E-state index < -0.39 is 0 Å². The average Bonchev–Trinajstić information content (AvgIpc) is 2.61. The molecule has 29 heavy (non-hydrogen) atoms. The Kier molecular flexibility index (Phi) is 5.85. The van der Waals surface area contributed by atoms with Gasteiger partial charge in [0.1, 0.15) is 0 Å². The van der Waals surface area contributed by atoms with Crippen molar-refractivity contribution in [2.24, 2.45) is 5.10 Å². The molecule has 152 valence electrons. The van der Waals surface area contributed by atoms with Crippen molar-refractivity contribution in [3.63, 3.8) is 0 Å². The van der Waals surface area contributed by atoms with E-state index in [1.54, 1.807) is 18.3 Å². The number of benzene rings is 2. The molecule has 2 aromatic rings. The van der Waals surface area contributed by atoms with Gasteiger partial charge in [-0.05, 0) is 82.5 Å². The lowest BCUT2D eigenvalue weighted by atomic mass is 9.87. The Hall–Kier alpha value is -2.59. The number of amides is 1. The van der Waals surface area contributed by atoms with Crippen molar-refractivity contribution >= 4 is 35.0 Å². The molecular formula is C24H28ClN3O. The van der Waals surface area contributed by atoms with Gasteiger partial charge >= 0.3 is 0 Å². The van der Waals surface area contributed by atoms with Crippen molar-refractivity contribution in [1.82, 2.24) is 5.43 Å². The van der Waals surface area contributed by atoms with Crippen LogP contribution in [-0.2, 0) is 0 Å². The van der Waals surface area contributed by atoms with E-state index in [9.17, 15) is 4.79 Å². The zero-order valence-electron chi connectivity index (χ0n) is 17.9. The highest BCUT2D eigenvalue weighted by Gasteiger charge is 2.32. The molecule has 5 heteroatoms. The summed E-state index contributed by atoms with van der Waals surface area (Å²) >= 11 is 6.15. The van der Waals surface area contributed by atoms with Crippen LogP contribution in [0, 0.1) is 6.92 Å². The maximum atomic E-state index is 12.3. The number of halogens is 1. The predicted octanol–water partition coefficient (Wildman–Crippen LogP) is 5.82. The summed E-state index contributed by atoms with van der Waals surface area (Å²) in [6, 6.07) is 12.0. The van der Waals surface area contributed by atoms with E-state index in [4.69, 9.17) is 11.6 Å². The van der Waals surface area contributed by atoms with Gasteiger partial charge in [0.05, 0.1) is 22.3 Å². The van der Waals surface area contributed by atoms with Gasteiger partial charge in [0.15, 0.2) is 0 Å². The minimum Gasteiger partial charge on any atom is -0.360 e. The second-order valence-electron chi connectivity index (χ2n) is 8.40. The molecule has 0 saturated heterocycles. The first-order chi connectivity index (χ1) is 13.6. The van der Waals surface area contributed by atoms with E-state index in [-0.39, 0.29) is 11.4 Å². The number of aryl methyl sites for hydroxylation is 1. The van der Waals surface area contributed by atoms with Crippen LogP contribution < -0.4 is 10.3 Å². The molecule has 0 bridgehead atoms. The fraction of sp³-hybridized carbons (Fsp3) is 0.333. The fourth-order valence-electron chi connectivity index (χ4n) is 4.12. The Labute approximate surface area is 178 Å². The van der Waals surface area contributed by atoms with Gasteiger partial charge in [-0.15, -0.1) is 0 Å². The van der Waals surface area contributed by atoms with Crippen molar-refractivity contribution in [3.05, 3.63) is 69.8 Å². The number of carbonyl (C=O) groups excluding carboxylic acids is 1. The lowest BCUT2D eigenvalue weighted by Gasteiger charge is -2.46. The first-order valence-electron chi connectivity index (χ1n) is 9.83. The highest BCUT2D eigenvalue weighted by atomic mass is 35.5. The summed E-state index contributed by atoms with van der Waals surface area (Å²) in [7, 11) is 0. The number of nitrogens with zero attached hydrogens (tertiary/aromatic N) is 2. The fourth-order valence-corrected chi connectivity index (χ4v) is 4.44. The summed E-state index contributed by atoms with van der Waals surface area (Å²) in [5, 5.41) is 4.54. The lowest BCUT2D eigenvalue weighted by molar-refractivity contribution is 0.0955. The summed E-state index contributed by atoms with van der Waals surface area (Å²) in [6.45, 7) is 13.0. The van der Waals surface area contributed by atoms with E-state index >= 15 is 0 Å². The lowest BCUT2D eigenvalue weighted by Crippen LogP contribution is -2.49. The molecule has 0 spiro atoms. The molecule has 0 radical (unpaired) electrons.